The van der Waals surface area contributed by atoms with Crippen molar-refractivity contribution in [1.29, 1.82) is 0 Å². The molecule has 0 aliphatic rings. The van der Waals surface area contributed by atoms with Gasteiger partial charge in [-0.1, -0.05) is 398 Å². The van der Waals surface area contributed by atoms with Gasteiger partial charge in [0, 0.05) is 30.4 Å². The Balaban J connectivity index is 0. The van der Waals surface area contributed by atoms with Crippen LogP contribution in [0.2, 0.25) is 0 Å². The topological polar surface area (TPSA) is 132 Å². The van der Waals surface area contributed by atoms with Gasteiger partial charge in [-0.25, -0.2) is 24.0 Å². The highest BCUT2D eigenvalue weighted by Crippen LogP contribution is 2.27. The van der Waals surface area contributed by atoms with E-state index in [1.54, 1.807) is 0 Å². The fourth-order valence-corrected chi connectivity index (χ4v) is 11.3. The monoisotopic (exact) mass is 1700 g/mol. The summed E-state index contributed by atoms with van der Waals surface area (Å²) in [5.41, 5.74) is 13.4. The van der Waals surface area contributed by atoms with E-state index in [1.165, 1.54) is 126 Å². The molecule has 0 heterocycles. The Hall–Kier alpha value is -10.7. The Morgan fingerprint density at radius 2 is 0.424 bits per heavy atom. The summed E-state index contributed by atoms with van der Waals surface area (Å²) >= 11 is 0. The molecule has 8 rings (SSSR count). The number of carbonyl (C=O) groups excluding carboxylic acids is 5. The molecule has 10 atom stereocenters. The second kappa shape index (κ2) is 74.7. The maximum absolute atomic E-state index is 10.9. The Morgan fingerprint density at radius 3 is 0.592 bits per heavy atom. The number of esters is 5. The van der Waals surface area contributed by atoms with Gasteiger partial charge in [0.2, 0.25) is 0 Å². The first-order valence-corrected chi connectivity index (χ1v) is 46.0. The highest BCUT2D eigenvalue weighted by Gasteiger charge is 2.10. The van der Waals surface area contributed by atoms with Crippen molar-refractivity contribution >= 4 is 42.0 Å². The van der Waals surface area contributed by atoms with Crippen molar-refractivity contribution in [2.24, 2.45) is 11.8 Å². The minimum absolute atomic E-state index is 0.316. The predicted octanol–water partition coefficient (Wildman–Crippen LogP) is 33.0. The lowest BCUT2D eigenvalue weighted by Crippen LogP contribution is -2.03. The van der Waals surface area contributed by atoms with E-state index in [2.05, 4.69) is 324 Å². The lowest BCUT2D eigenvalue weighted by Gasteiger charge is -2.09. The summed E-state index contributed by atoms with van der Waals surface area (Å²) in [5, 5.41) is 0. The zero-order chi connectivity index (χ0) is 94.1. The predicted molar refractivity (Wildman–Crippen MR) is 538 cm³/mol. The summed E-state index contributed by atoms with van der Waals surface area (Å²) < 4.78 is 24.6. The van der Waals surface area contributed by atoms with E-state index in [4.69, 9.17) is 23.7 Å². The number of benzene rings is 8. The number of rotatable bonds is 38. The number of unbranched alkanes of at least 4 members (excludes halogenated alkanes) is 2. The maximum Gasteiger partial charge on any atom is 0.335 e. The molecule has 682 valence electrons. The molecule has 125 heavy (non-hydrogen) atoms. The molecular formula is C115H162O10. The van der Waals surface area contributed by atoms with Crippen molar-refractivity contribution in [1.82, 2.24) is 0 Å². The highest BCUT2D eigenvalue weighted by molar-refractivity contribution is 5.84. The standard InChI is InChI=1S/3C13H16O2.2C12H16.2C11H20O2.3C10H14/c3*1-4-10(3)11-6-8-12(9-7-11)15-13(14)5-2;2*1-4-10(3)12-8-6-11(5-2)7-9-12;2*1-4-10(3)8-6-7-9-13-11(12)5-2;3*1-3-9(2)10-7-5-4-6-8-10/h3*5-10H,2,4H2,1,3H3;2*5-10H,2,4H2,1,3H3;2*5,10H,2,4,6-9H2,1,3H3;3*4-9H,3H2,1-2H3. The molecule has 0 saturated carbocycles. The zero-order valence-electron chi connectivity index (χ0n) is 80.8. The molecule has 8 aromatic rings. The number of hydrogen-bond acceptors (Lipinski definition) is 10. The third-order valence-corrected chi connectivity index (χ3v) is 22.4. The molecule has 0 amide bonds. The minimum atomic E-state index is -0.425. The third-order valence-electron chi connectivity index (χ3n) is 22.4. The van der Waals surface area contributed by atoms with Crippen LogP contribution >= 0.6 is 0 Å². The van der Waals surface area contributed by atoms with Gasteiger partial charge >= 0.3 is 29.8 Å². The summed E-state index contributed by atoms with van der Waals surface area (Å²) in [6, 6.07) is 71.9. The van der Waals surface area contributed by atoms with Crippen molar-refractivity contribution in [3.63, 3.8) is 0 Å². The van der Waals surface area contributed by atoms with Gasteiger partial charge in [0.05, 0.1) is 13.2 Å². The van der Waals surface area contributed by atoms with Gasteiger partial charge in [-0.3, -0.25) is 0 Å². The van der Waals surface area contributed by atoms with Crippen molar-refractivity contribution in [2.75, 3.05) is 13.2 Å². The zero-order valence-corrected chi connectivity index (χ0v) is 80.8. The quantitative estimate of drug-likeness (QED) is 0.0159. The van der Waals surface area contributed by atoms with Crippen molar-refractivity contribution < 1.29 is 47.7 Å². The van der Waals surface area contributed by atoms with E-state index in [0.29, 0.717) is 77.8 Å². The van der Waals surface area contributed by atoms with Crippen LogP contribution in [0.25, 0.3) is 12.2 Å². The molecule has 10 unspecified atom stereocenters. The highest BCUT2D eigenvalue weighted by atomic mass is 16.5. The van der Waals surface area contributed by atoms with E-state index in [0.717, 1.165) is 75.0 Å². The van der Waals surface area contributed by atoms with Gasteiger partial charge < -0.3 is 23.7 Å². The van der Waals surface area contributed by atoms with Crippen molar-refractivity contribution in [3.05, 3.63) is 344 Å². The van der Waals surface area contributed by atoms with Crippen molar-refractivity contribution in [2.45, 2.75) is 289 Å². The molecule has 0 aliphatic heterocycles. The van der Waals surface area contributed by atoms with Crippen LogP contribution < -0.4 is 14.2 Å². The first kappa shape index (κ1) is 116. The van der Waals surface area contributed by atoms with Crippen LogP contribution in [0.15, 0.2) is 289 Å². The van der Waals surface area contributed by atoms with Crippen LogP contribution in [0.3, 0.4) is 0 Å². The van der Waals surface area contributed by atoms with E-state index in [-0.39, 0.29) is 11.9 Å². The summed E-state index contributed by atoms with van der Waals surface area (Å²) in [6.07, 6.45) is 28.1. The maximum atomic E-state index is 10.9. The second-order valence-corrected chi connectivity index (χ2v) is 31.8. The molecule has 0 spiro atoms. The van der Waals surface area contributed by atoms with E-state index in [9.17, 15) is 24.0 Å². The largest absolute Gasteiger partial charge is 0.463 e. The summed E-state index contributed by atoms with van der Waals surface area (Å²) in [6.45, 7) is 69.4. The van der Waals surface area contributed by atoms with Crippen LogP contribution in [0, 0.1) is 11.8 Å². The fraction of sp³-hybridized carbons (Fsp3) is 0.417. The summed E-state index contributed by atoms with van der Waals surface area (Å²) in [5.74, 6) is 6.43. The Labute approximate surface area is 760 Å². The minimum Gasteiger partial charge on any atom is -0.463 e. The number of hydrogen-bond donors (Lipinski definition) is 0. The summed E-state index contributed by atoms with van der Waals surface area (Å²) in [7, 11) is 0. The van der Waals surface area contributed by atoms with Crippen LogP contribution in [0.4, 0.5) is 0 Å². The van der Waals surface area contributed by atoms with Crippen LogP contribution in [0.5, 0.6) is 17.2 Å². The Morgan fingerprint density at radius 1 is 0.240 bits per heavy atom. The summed E-state index contributed by atoms with van der Waals surface area (Å²) in [4.78, 5) is 54.0. The average Bonchev–Trinajstić information content (AvgIpc) is 0.916. The molecule has 10 nitrogen and oxygen atoms in total. The van der Waals surface area contributed by atoms with Gasteiger partial charge in [-0.05, 0) is 228 Å². The van der Waals surface area contributed by atoms with Crippen LogP contribution in [0.1, 0.15) is 344 Å². The average molecular weight is 1700 g/mol. The van der Waals surface area contributed by atoms with Crippen LogP contribution in [-0.4, -0.2) is 43.1 Å². The molecule has 0 N–H and O–H groups in total. The van der Waals surface area contributed by atoms with Crippen LogP contribution in [-0.2, 0) is 33.4 Å². The van der Waals surface area contributed by atoms with Gasteiger partial charge in [0.15, 0.2) is 0 Å². The Bertz CT molecular complexity index is 3730. The van der Waals surface area contributed by atoms with E-state index in [1.807, 2.05) is 84.9 Å². The fourth-order valence-electron chi connectivity index (χ4n) is 11.3. The van der Waals surface area contributed by atoms with Gasteiger partial charge in [0.1, 0.15) is 17.2 Å². The smallest absolute Gasteiger partial charge is 0.335 e. The molecule has 0 bridgehead atoms. The van der Waals surface area contributed by atoms with E-state index >= 15 is 0 Å². The lowest BCUT2D eigenvalue weighted by atomic mass is 9.98. The molecule has 8 aromatic carbocycles. The number of ether oxygens (including phenoxy) is 5. The van der Waals surface area contributed by atoms with E-state index < -0.39 is 17.9 Å². The molecule has 0 fully saturated rings. The van der Waals surface area contributed by atoms with Crippen molar-refractivity contribution in [3.8, 4) is 17.2 Å². The SMILES string of the molecule is C=CC(=O)OCCCCC(C)CC.C=CC(=O)OCCCCC(C)CC.C=CC(=O)Oc1ccc(C(C)CC)cc1.C=CC(=O)Oc1ccc(C(C)CC)cc1.C=CC(=O)Oc1ccc(C(C)CC)cc1.C=Cc1ccc(C(C)CC)cc1.C=Cc1ccc(C(C)CC)cc1.CCC(C)c1ccccc1.CCC(C)c1ccccc1.CCC(C)c1ccccc1. The third kappa shape index (κ3) is 56.7. The number of carbonyl (C=O) groups is 5. The van der Waals surface area contributed by atoms with Gasteiger partial charge in [-0.15, -0.1) is 0 Å². The molecule has 0 radical (unpaired) electrons. The first-order valence-electron chi connectivity index (χ1n) is 46.0. The molecular weight excluding hydrogens is 1540 g/mol. The Kier molecular flexibility index (Phi) is 69.5. The molecule has 0 aliphatic carbocycles. The molecule has 0 aromatic heterocycles. The lowest BCUT2D eigenvalue weighted by molar-refractivity contribution is -0.138. The normalized spacial score (nSPS) is 12.3. The first-order chi connectivity index (χ1) is 60.0. The van der Waals surface area contributed by atoms with Gasteiger partial charge in [0.25, 0.3) is 0 Å². The molecule has 0 saturated heterocycles. The molecule has 10 heteroatoms. The second-order valence-electron chi connectivity index (χ2n) is 31.8. The van der Waals surface area contributed by atoms with Gasteiger partial charge in [-0.2, -0.15) is 0 Å².